The van der Waals surface area contributed by atoms with Crippen molar-refractivity contribution in [3.8, 4) is 0 Å². The van der Waals surface area contributed by atoms with Crippen LogP contribution < -0.4 is 5.73 Å². The van der Waals surface area contributed by atoms with Crippen molar-refractivity contribution >= 4 is 17.2 Å². The van der Waals surface area contributed by atoms with Gasteiger partial charge in [0.1, 0.15) is 0 Å². The van der Waals surface area contributed by atoms with Crippen LogP contribution in [0.25, 0.3) is 5.65 Å². The van der Waals surface area contributed by atoms with Crippen LogP contribution >= 0.6 is 11.6 Å². The van der Waals surface area contributed by atoms with Gasteiger partial charge in [-0.2, -0.15) is 0 Å². The standard InChI is InChI=1S/C9H9ClN4/c10-8-13-12-7-3-1-2-6(14(7)8)9(11)4-5-9/h1-3H,4-5,11H2. The van der Waals surface area contributed by atoms with Crippen LogP contribution in [0.4, 0.5) is 0 Å². The lowest BCUT2D eigenvalue weighted by molar-refractivity contribution is 0.693. The summed E-state index contributed by atoms with van der Waals surface area (Å²) < 4.78 is 1.81. The van der Waals surface area contributed by atoms with E-state index < -0.39 is 0 Å². The zero-order valence-corrected chi connectivity index (χ0v) is 8.20. The number of nitrogens with zero attached hydrogens (tertiary/aromatic N) is 3. The Morgan fingerprint density at radius 1 is 1.36 bits per heavy atom. The van der Waals surface area contributed by atoms with Crippen molar-refractivity contribution in [3.63, 3.8) is 0 Å². The molecule has 0 spiro atoms. The molecule has 0 atom stereocenters. The minimum absolute atomic E-state index is 0.217. The van der Waals surface area contributed by atoms with Gasteiger partial charge in [-0.05, 0) is 36.6 Å². The molecule has 2 N–H and O–H groups in total. The summed E-state index contributed by atoms with van der Waals surface area (Å²) in [6, 6.07) is 5.78. The average molecular weight is 209 g/mol. The molecule has 0 bridgehead atoms. The molecule has 0 radical (unpaired) electrons. The summed E-state index contributed by atoms with van der Waals surface area (Å²) in [6.07, 6.45) is 2.00. The molecule has 2 aromatic heterocycles. The summed E-state index contributed by atoms with van der Waals surface area (Å²) in [5.41, 5.74) is 7.67. The minimum Gasteiger partial charge on any atom is -0.320 e. The van der Waals surface area contributed by atoms with Crippen LogP contribution in [-0.2, 0) is 5.54 Å². The topological polar surface area (TPSA) is 56.2 Å². The van der Waals surface area contributed by atoms with Gasteiger partial charge >= 0.3 is 0 Å². The SMILES string of the molecule is NC1(c2cccc3nnc(Cl)n23)CC1. The second kappa shape index (κ2) is 2.46. The molecule has 0 unspecified atom stereocenters. The number of hydrogen-bond acceptors (Lipinski definition) is 3. The number of pyridine rings is 1. The lowest BCUT2D eigenvalue weighted by Crippen LogP contribution is -2.22. The first-order valence-corrected chi connectivity index (χ1v) is 4.87. The Kier molecular flexibility index (Phi) is 1.44. The Morgan fingerprint density at radius 3 is 2.86 bits per heavy atom. The molecule has 0 aromatic carbocycles. The van der Waals surface area contributed by atoms with Crippen LogP contribution in [0.5, 0.6) is 0 Å². The maximum absolute atomic E-state index is 6.13. The van der Waals surface area contributed by atoms with Crippen LogP contribution in [-0.4, -0.2) is 14.6 Å². The molecule has 0 aliphatic heterocycles. The highest BCUT2D eigenvalue weighted by Crippen LogP contribution is 2.42. The monoisotopic (exact) mass is 208 g/mol. The predicted molar refractivity (Wildman–Crippen MR) is 53.1 cm³/mol. The fourth-order valence-corrected chi connectivity index (χ4v) is 1.90. The quantitative estimate of drug-likeness (QED) is 0.769. The second-order valence-corrected chi connectivity index (χ2v) is 4.07. The van der Waals surface area contributed by atoms with Crippen molar-refractivity contribution in [2.75, 3.05) is 0 Å². The summed E-state index contributed by atoms with van der Waals surface area (Å²) in [4.78, 5) is 0. The van der Waals surface area contributed by atoms with Crippen LogP contribution in [0.15, 0.2) is 18.2 Å². The van der Waals surface area contributed by atoms with Crippen molar-refractivity contribution in [2.45, 2.75) is 18.4 Å². The molecule has 5 heteroatoms. The summed E-state index contributed by atoms with van der Waals surface area (Å²) in [6.45, 7) is 0. The number of hydrogen-bond donors (Lipinski definition) is 1. The van der Waals surface area contributed by atoms with E-state index in [1.807, 2.05) is 22.6 Å². The van der Waals surface area contributed by atoms with Gasteiger partial charge in [-0.25, -0.2) is 0 Å². The van der Waals surface area contributed by atoms with Crippen molar-refractivity contribution in [1.82, 2.24) is 14.6 Å². The van der Waals surface area contributed by atoms with Gasteiger partial charge in [-0.15, -0.1) is 10.2 Å². The summed E-state index contributed by atoms with van der Waals surface area (Å²) >= 11 is 5.95. The van der Waals surface area contributed by atoms with Gasteiger partial charge in [-0.1, -0.05) is 6.07 Å². The van der Waals surface area contributed by atoms with E-state index in [0.717, 1.165) is 24.2 Å². The molecule has 1 aliphatic rings. The van der Waals surface area contributed by atoms with Crippen LogP contribution in [0, 0.1) is 0 Å². The van der Waals surface area contributed by atoms with E-state index >= 15 is 0 Å². The molecule has 1 aliphatic carbocycles. The van der Waals surface area contributed by atoms with E-state index in [0.29, 0.717) is 5.28 Å². The summed E-state index contributed by atoms with van der Waals surface area (Å²) in [5, 5.41) is 8.15. The Balaban J connectivity index is 2.37. The number of nitrogens with two attached hydrogens (primary N) is 1. The Morgan fingerprint density at radius 2 is 2.14 bits per heavy atom. The van der Waals surface area contributed by atoms with Crippen molar-refractivity contribution < 1.29 is 0 Å². The van der Waals surface area contributed by atoms with E-state index in [4.69, 9.17) is 17.3 Å². The largest absolute Gasteiger partial charge is 0.320 e. The number of fused-ring (bicyclic) bond motifs is 1. The molecule has 3 rings (SSSR count). The van der Waals surface area contributed by atoms with Gasteiger partial charge in [0.15, 0.2) is 5.65 Å². The minimum atomic E-state index is -0.217. The van der Waals surface area contributed by atoms with Crippen LogP contribution in [0.3, 0.4) is 0 Å². The third-order valence-corrected chi connectivity index (χ3v) is 2.93. The Bertz CT molecular complexity index is 500. The van der Waals surface area contributed by atoms with Crippen LogP contribution in [0.2, 0.25) is 5.28 Å². The fourth-order valence-electron chi connectivity index (χ4n) is 1.69. The maximum atomic E-state index is 6.13. The zero-order valence-electron chi connectivity index (χ0n) is 7.44. The summed E-state index contributed by atoms with van der Waals surface area (Å²) in [7, 11) is 0. The molecule has 0 saturated heterocycles. The molecular formula is C9H9ClN4. The van der Waals surface area contributed by atoms with Gasteiger partial charge in [-0.3, -0.25) is 4.40 Å². The van der Waals surface area contributed by atoms with E-state index in [-0.39, 0.29) is 5.54 Å². The van der Waals surface area contributed by atoms with Gasteiger partial charge in [0, 0.05) is 5.69 Å². The Hall–Kier alpha value is -1.13. The number of halogens is 1. The smallest absolute Gasteiger partial charge is 0.229 e. The normalized spacial score (nSPS) is 18.7. The highest BCUT2D eigenvalue weighted by atomic mass is 35.5. The molecule has 1 saturated carbocycles. The predicted octanol–water partition coefficient (Wildman–Crippen LogP) is 1.33. The van der Waals surface area contributed by atoms with Gasteiger partial charge in [0.25, 0.3) is 0 Å². The third kappa shape index (κ3) is 0.980. The van der Waals surface area contributed by atoms with Crippen molar-refractivity contribution in [3.05, 3.63) is 29.2 Å². The Labute approximate surface area is 85.7 Å². The highest BCUT2D eigenvalue weighted by molar-refractivity contribution is 6.28. The molecular weight excluding hydrogens is 200 g/mol. The summed E-state index contributed by atoms with van der Waals surface area (Å²) in [5.74, 6) is 0. The van der Waals surface area contributed by atoms with Crippen molar-refractivity contribution in [2.24, 2.45) is 5.73 Å². The molecule has 2 aromatic rings. The number of aromatic nitrogens is 3. The first-order valence-electron chi connectivity index (χ1n) is 4.50. The van der Waals surface area contributed by atoms with Gasteiger partial charge < -0.3 is 5.73 Å². The molecule has 72 valence electrons. The molecule has 0 amide bonds. The highest BCUT2D eigenvalue weighted by Gasteiger charge is 2.42. The van der Waals surface area contributed by atoms with E-state index in [2.05, 4.69) is 10.2 Å². The van der Waals surface area contributed by atoms with Crippen LogP contribution in [0.1, 0.15) is 18.5 Å². The molecule has 1 fully saturated rings. The number of rotatable bonds is 1. The molecule has 14 heavy (non-hydrogen) atoms. The fraction of sp³-hybridized carbons (Fsp3) is 0.333. The van der Waals surface area contributed by atoms with Crippen molar-refractivity contribution in [1.29, 1.82) is 0 Å². The van der Waals surface area contributed by atoms with Gasteiger partial charge in [0.2, 0.25) is 5.28 Å². The first-order chi connectivity index (χ1) is 6.71. The zero-order chi connectivity index (χ0) is 9.76. The van der Waals surface area contributed by atoms with Gasteiger partial charge in [0.05, 0.1) is 5.54 Å². The first kappa shape index (κ1) is 8.20. The van der Waals surface area contributed by atoms with E-state index in [1.165, 1.54) is 0 Å². The third-order valence-electron chi connectivity index (χ3n) is 2.69. The lowest BCUT2D eigenvalue weighted by Gasteiger charge is -2.11. The second-order valence-electron chi connectivity index (χ2n) is 3.73. The molecule has 4 nitrogen and oxygen atoms in total. The van der Waals surface area contributed by atoms with E-state index in [1.54, 1.807) is 0 Å². The maximum Gasteiger partial charge on any atom is 0.229 e. The van der Waals surface area contributed by atoms with E-state index in [9.17, 15) is 0 Å². The molecule has 2 heterocycles. The average Bonchev–Trinajstić information content (AvgIpc) is 2.83. The lowest BCUT2D eigenvalue weighted by atomic mass is 10.2.